The molecule has 1 aromatic heterocycles. The van der Waals surface area contributed by atoms with Crippen molar-refractivity contribution in [3.05, 3.63) is 76.9 Å². The maximum absolute atomic E-state index is 13.2. The maximum atomic E-state index is 13.2. The molecule has 0 N–H and O–H groups in total. The number of hydrogen-bond donors (Lipinski definition) is 0. The molecule has 1 aliphatic rings. The molecule has 142 valence electrons. The van der Waals surface area contributed by atoms with Gasteiger partial charge in [-0.2, -0.15) is 0 Å². The number of ketones is 1. The Labute approximate surface area is 168 Å². The molecule has 5 rings (SSSR count). The van der Waals surface area contributed by atoms with Crippen LogP contribution < -0.4 is 0 Å². The van der Waals surface area contributed by atoms with Crippen LogP contribution in [0, 0.1) is 6.92 Å². The largest absolute Gasteiger partial charge is 0.466 e. The summed E-state index contributed by atoms with van der Waals surface area (Å²) in [6.07, 6.45) is 0.129. The number of hydrogen-bond acceptors (Lipinski definition) is 4. The molecule has 0 radical (unpaired) electrons. The summed E-state index contributed by atoms with van der Waals surface area (Å²) < 4.78 is 5.14. The van der Waals surface area contributed by atoms with Gasteiger partial charge in [0.25, 0.3) is 0 Å². The molecule has 4 aromatic rings. The zero-order valence-electron chi connectivity index (χ0n) is 16.3. The average molecular weight is 381 g/mol. The Bertz CT molecular complexity index is 1340. The fourth-order valence-electron chi connectivity index (χ4n) is 4.24. The molecular formula is C25H19NO3. The van der Waals surface area contributed by atoms with E-state index in [0.717, 1.165) is 38.5 Å². The van der Waals surface area contributed by atoms with Crippen LogP contribution in [0.15, 0.2) is 54.6 Å². The second kappa shape index (κ2) is 6.52. The maximum Gasteiger partial charge on any atom is 0.310 e. The monoisotopic (exact) mass is 381 g/mol. The van der Waals surface area contributed by atoms with Gasteiger partial charge in [0.05, 0.1) is 24.1 Å². The van der Waals surface area contributed by atoms with Gasteiger partial charge in [-0.3, -0.25) is 9.59 Å². The summed E-state index contributed by atoms with van der Waals surface area (Å²) >= 11 is 0. The van der Waals surface area contributed by atoms with Crippen LogP contribution in [-0.4, -0.2) is 23.3 Å². The van der Waals surface area contributed by atoms with Gasteiger partial charge in [-0.1, -0.05) is 42.0 Å². The molecule has 4 nitrogen and oxygen atoms in total. The predicted octanol–water partition coefficient (Wildman–Crippen LogP) is 5.01. The minimum Gasteiger partial charge on any atom is -0.466 e. The summed E-state index contributed by atoms with van der Waals surface area (Å²) in [7, 11) is 0. The summed E-state index contributed by atoms with van der Waals surface area (Å²) in [6, 6.07) is 17.5. The van der Waals surface area contributed by atoms with Crippen molar-refractivity contribution >= 4 is 33.6 Å². The standard InChI is InChI=1S/C25H19NO3/c1-3-29-21(27)13-15-9-10-18-23-22(16-6-4-5-7-17(16)25(18)28)19-12-14(2)8-11-20(19)26-24(15)23/h4-12H,3,13H2,1-2H3. The number of carbonyl (C=O) groups excluding carboxylic acids is 2. The van der Waals surface area contributed by atoms with Crippen LogP contribution in [-0.2, 0) is 16.0 Å². The van der Waals surface area contributed by atoms with E-state index in [1.54, 1.807) is 6.92 Å². The van der Waals surface area contributed by atoms with Crippen molar-refractivity contribution in [2.75, 3.05) is 6.61 Å². The number of fused-ring (bicyclic) bond motifs is 4. The highest BCUT2D eigenvalue weighted by atomic mass is 16.5. The Balaban J connectivity index is 1.93. The number of pyridine rings is 1. The van der Waals surface area contributed by atoms with Crippen LogP contribution in [0.3, 0.4) is 0 Å². The second-order valence-corrected chi connectivity index (χ2v) is 7.36. The predicted molar refractivity (Wildman–Crippen MR) is 113 cm³/mol. The molecule has 1 aliphatic carbocycles. The van der Waals surface area contributed by atoms with E-state index >= 15 is 0 Å². The minimum atomic E-state index is -0.294. The summed E-state index contributed by atoms with van der Waals surface area (Å²) in [4.78, 5) is 30.3. The third-order valence-corrected chi connectivity index (χ3v) is 5.49. The number of esters is 1. The average Bonchev–Trinajstić information content (AvgIpc) is 2.72. The third-order valence-electron chi connectivity index (χ3n) is 5.49. The zero-order chi connectivity index (χ0) is 20.1. The van der Waals surface area contributed by atoms with Crippen LogP contribution in [0.5, 0.6) is 0 Å². The van der Waals surface area contributed by atoms with E-state index in [2.05, 4.69) is 6.07 Å². The van der Waals surface area contributed by atoms with E-state index < -0.39 is 0 Å². The lowest BCUT2D eigenvalue weighted by atomic mass is 9.81. The first-order valence-corrected chi connectivity index (χ1v) is 9.74. The van der Waals surface area contributed by atoms with Crippen LogP contribution in [0.25, 0.3) is 32.9 Å². The normalized spacial score (nSPS) is 12.3. The molecular weight excluding hydrogens is 362 g/mol. The Morgan fingerprint density at radius 2 is 1.79 bits per heavy atom. The molecule has 0 atom stereocenters. The molecule has 0 unspecified atom stereocenters. The molecule has 0 saturated heterocycles. The molecule has 0 spiro atoms. The first-order chi connectivity index (χ1) is 14.1. The van der Waals surface area contributed by atoms with E-state index in [1.165, 1.54) is 0 Å². The Morgan fingerprint density at radius 1 is 1.00 bits per heavy atom. The molecule has 1 heterocycles. The van der Waals surface area contributed by atoms with Gasteiger partial charge in [0, 0.05) is 27.5 Å². The fourth-order valence-corrected chi connectivity index (χ4v) is 4.24. The highest BCUT2D eigenvalue weighted by Crippen LogP contribution is 2.43. The number of carbonyl (C=O) groups is 2. The SMILES string of the molecule is CCOC(=O)Cc1ccc2c3c(c4cc(C)ccc4nc13)-c1ccccc1C2=O. The van der Waals surface area contributed by atoms with Gasteiger partial charge in [-0.15, -0.1) is 0 Å². The van der Waals surface area contributed by atoms with Gasteiger partial charge >= 0.3 is 5.97 Å². The molecule has 0 fully saturated rings. The van der Waals surface area contributed by atoms with Gasteiger partial charge in [0.2, 0.25) is 0 Å². The number of nitrogens with zero attached hydrogens (tertiary/aromatic N) is 1. The lowest BCUT2D eigenvalue weighted by Crippen LogP contribution is -2.13. The summed E-state index contributed by atoms with van der Waals surface area (Å²) in [5, 5.41) is 1.85. The molecule has 0 bridgehead atoms. The molecule has 29 heavy (non-hydrogen) atoms. The highest BCUT2D eigenvalue weighted by Gasteiger charge is 2.28. The van der Waals surface area contributed by atoms with Crippen molar-refractivity contribution in [1.29, 1.82) is 0 Å². The Hall–Kier alpha value is -3.53. The van der Waals surface area contributed by atoms with E-state index in [4.69, 9.17) is 9.72 Å². The smallest absolute Gasteiger partial charge is 0.310 e. The van der Waals surface area contributed by atoms with Crippen molar-refractivity contribution in [1.82, 2.24) is 4.98 Å². The Kier molecular flexibility index (Phi) is 3.95. The topological polar surface area (TPSA) is 56.3 Å². The van der Waals surface area contributed by atoms with Gasteiger partial charge in [0.15, 0.2) is 5.78 Å². The molecule has 0 amide bonds. The third kappa shape index (κ3) is 2.64. The van der Waals surface area contributed by atoms with E-state index in [-0.39, 0.29) is 18.2 Å². The second-order valence-electron chi connectivity index (χ2n) is 7.36. The number of ether oxygens (including phenoxy) is 1. The van der Waals surface area contributed by atoms with E-state index in [9.17, 15) is 9.59 Å². The molecule has 0 aliphatic heterocycles. The van der Waals surface area contributed by atoms with Crippen LogP contribution >= 0.6 is 0 Å². The molecule has 4 heteroatoms. The van der Waals surface area contributed by atoms with Gasteiger partial charge in [-0.05, 0) is 43.2 Å². The number of benzene rings is 3. The van der Waals surface area contributed by atoms with Crippen molar-refractivity contribution < 1.29 is 14.3 Å². The minimum absolute atomic E-state index is 0.00501. The van der Waals surface area contributed by atoms with Crippen LogP contribution in [0.2, 0.25) is 0 Å². The lowest BCUT2D eigenvalue weighted by Gasteiger charge is -2.22. The highest BCUT2D eigenvalue weighted by molar-refractivity contribution is 6.29. The number of aromatic nitrogens is 1. The van der Waals surface area contributed by atoms with Gasteiger partial charge in [-0.25, -0.2) is 4.98 Å². The van der Waals surface area contributed by atoms with Crippen LogP contribution in [0.4, 0.5) is 0 Å². The summed E-state index contributed by atoms with van der Waals surface area (Å²) in [5.74, 6) is -0.299. The number of rotatable bonds is 3. The first kappa shape index (κ1) is 17.6. The Morgan fingerprint density at radius 3 is 2.59 bits per heavy atom. The van der Waals surface area contributed by atoms with Gasteiger partial charge < -0.3 is 4.74 Å². The van der Waals surface area contributed by atoms with E-state index in [0.29, 0.717) is 23.3 Å². The van der Waals surface area contributed by atoms with E-state index in [1.807, 2.05) is 55.5 Å². The van der Waals surface area contributed by atoms with Crippen molar-refractivity contribution in [2.24, 2.45) is 0 Å². The first-order valence-electron chi connectivity index (χ1n) is 9.74. The lowest BCUT2D eigenvalue weighted by molar-refractivity contribution is -0.142. The van der Waals surface area contributed by atoms with Crippen molar-refractivity contribution in [3.63, 3.8) is 0 Å². The molecule has 3 aromatic carbocycles. The summed E-state index contributed by atoms with van der Waals surface area (Å²) in [5.41, 5.74) is 6.73. The van der Waals surface area contributed by atoms with Crippen molar-refractivity contribution in [2.45, 2.75) is 20.3 Å². The van der Waals surface area contributed by atoms with Crippen molar-refractivity contribution in [3.8, 4) is 11.1 Å². The molecule has 0 saturated carbocycles. The fraction of sp³-hybridized carbons (Fsp3) is 0.160. The van der Waals surface area contributed by atoms with Gasteiger partial charge in [0.1, 0.15) is 0 Å². The van der Waals surface area contributed by atoms with Crippen LogP contribution in [0.1, 0.15) is 34.0 Å². The quantitative estimate of drug-likeness (QED) is 0.325. The number of aryl methyl sites for hydroxylation is 1. The summed E-state index contributed by atoms with van der Waals surface area (Å²) in [6.45, 7) is 4.18. The zero-order valence-corrected chi connectivity index (χ0v) is 16.3.